The number of nitrogen functional groups attached to an aromatic ring is 1. The number of hydrogen-bond donors (Lipinski definition) is 5. The Balaban J connectivity index is 2.40. The van der Waals surface area contributed by atoms with Crippen molar-refractivity contribution in [3.8, 4) is 0 Å². The van der Waals surface area contributed by atoms with Gasteiger partial charge in [-0.1, -0.05) is 0 Å². The summed E-state index contributed by atoms with van der Waals surface area (Å²) in [5, 5.41) is 12.7. The number of nitrogens with two attached hydrogens (primary N) is 2. The molecule has 2 aromatic rings. The number of amides is 2. The maximum absolute atomic E-state index is 12.0. The van der Waals surface area contributed by atoms with Gasteiger partial charge in [0.2, 0.25) is 0 Å². The molecule has 2 amide bonds. The highest BCUT2D eigenvalue weighted by atomic mass is 32.1. The molecule has 0 fully saturated rings. The molecular weight excluding hydrogens is 292 g/mol. The van der Waals surface area contributed by atoms with Gasteiger partial charge in [0.25, 0.3) is 11.8 Å². The van der Waals surface area contributed by atoms with E-state index in [0.717, 1.165) is 16.9 Å². The molecule has 112 valence electrons. The molecule has 0 bridgehead atoms. The Morgan fingerprint density at radius 2 is 2.19 bits per heavy atom. The van der Waals surface area contributed by atoms with E-state index in [0.29, 0.717) is 5.00 Å². The zero-order chi connectivity index (χ0) is 15.6. The number of hydrogen-bond acceptors (Lipinski definition) is 6. The summed E-state index contributed by atoms with van der Waals surface area (Å²) in [6.45, 7) is 1.90. The fourth-order valence-electron chi connectivity index (χ4n) is 1.86. The smallest absolute Gasteiger partial charge is 0.260 e. The third-order valence-electron chi connectivity index (χ3n) is 2.99. The average molecular weight is 308 g/mol. The first kappa shape index (κ1) is 14.9. The van der Waals surface area contributed by atoms with Crippen molar-refractivity contribution in [2.45, 2.75) is 13.0 Å². The van der Waals surface area contributed by atoms with Crippen molar-refractivity contribution >= 4 is 33.8 Å². The third kappa shape index (κ3) is 2.82. The Hall–Kier alpha value is -2.55. The number of carbonyl (C=O) groups is 2. The summed E-state index contributed by atoms with van der Waals surface area (Å²) in [5.41, 5.74) is 12.4. The molecule has 2 aromatic heterocycles. The van der Waals surface area contributed by atoms with Gasteiger partial charge >= 0.3 is 0 Å². The second-order valence-corrected chi connectivity index (χ2v) is 5.41. The summed E-state index contributed by atoms with van der Waals surface area (Å²) in [5.74, 6) is -1.04. The van der Waals surface area contributed by atoms with Gasteiger partial charge in [-0.3, -0.25) is 14.7 Å². The predicted molar refractivity (Wildman–Crippen MR) is 81.3 cm³/mol. The molecule has 1 unspecified atom stereocenters. The molecule has 2 heterocycles. The van der Waals surface area contributed by atoms with E-state index in [1.807, 2.05) is 6.92 Å². The quantitative estimate of drug-likeness (QED) is 0.553. The van der Waals surface area contributed by atoms with Gasteiger partial charge in [-0.05, 0) is 6.92 Å². The largest absolute Gasteiger partial charge is 0.397 e. The number of aromatic amines is 1. The molecular formula is C12H16N6O2S. The minimum atomic E-state index is -0.660. The number of aromatic nitrogens is 2. The van der Waals surface area contributed by atoms with Crippen LogP contribution in [0.4, 0.5) is 10.7 Å². The zero-order valence-electron chi connectivity index (χ0n) is 11.6. The van der Waals surface area contributed by atoms with Crippen molar-refractivity contribution < 1.29 is 9.59 Å². The topological polar surface area (TPSA) is 139 Å². The molecule has 0 aliphatic carbocycles. The summed E-state index contributed by atoms with van der Waals surface area (Å²) in [6, 6.07) is -0.120. The normalized spacial score (nSPS) is 11.9. The summed E-state index contributed by atoms with van der Waals surface area (Å²) in [4.78, 5) is 23.5. The molecule has 1 atom stereocenters. The lowest BCUT2D eigenvalue weighted by Gasteiger charge is -2.13. The average Bonchev–Trinajstić information content (AvgIpc) is 3.06. The fourth-order valence-corrected chi connectivity index (χ4v) is 2.91. The van der Waals surface area contributed by atoms with E-state index < -0.39 is 5.91 Å². The first-order chi connectivity index (χ1) is 9.95. The molecule has 0 aromatic carbocycles. The number of nitrogens with zero attached hydrogens (tertiary/aromatic N) is 1. The second-order valence-electron chi connectivity index (χ2n) is 4.39. The van der Waals surface area contributed by atoms with Crippen molar-refractivity contribution in [2.24, 2.45) is 5.73 Å². The monoisotopic (exact) mass is 308 g/mol. The van der Waals surface area contributed by atoms with E-state index in [2.05, 4.69) is 20.8 Å². The van der Waals surface area contributed by atoms with Gasteiger partial charge in [-0.15, -0.1) is 11.3 Å². The van der Waals surface area contributed by atoms with Gasteiger partial charge in [0.15, 0.2) is 0 Å². The lowest BCUT2D eigenvalue weighted by atomic mass is 10.1. The van der Waals surface area contributed by atoms with Crippen molar-refractivity contribution in [1.82, 2.24) is 15.5 Å². The van der Waals surface area contributed by atoms with Gasteiger partial charge < -0.3 is 22.1 Å². The molecule has 0 radical (unpaired) electrons. The van der Waals surface area contributed by atoms with Crippen LogP contribution < -0.4 is 22.1 Å². The lowest BCUT2D eigenvalue weighted by molar-refractivity contribution is 0.0965. The number of thiophene rings is 1. The number of primary amides is 1. The van der Waals surface area contributed by atoms with Crippen LogP contribution in [-0.2, 0) is 0 Å². The van der Waals surface area contributed by atoms with Crippen molar-refractivity contribution in [3.05, 3.63) is 28.4 Å². The summed E-state index contributed by atoms with van der Waals surface area (Å²) < 4.78 is 0. The Bertz CT molecular complexity index is 664. The summed E-state index contributed by atoms with van der Waals surface area (Å²) >= 11 is 1.06. The zero-order valence-corrected chi connectivity index (χ0v) is 12.4. The van der Waals surface area contributed by atoms with E-state index in [4.69, 9.17) is 11.5 Å². The van der Waals surface area contributed by atoms with Gasteiger partial charge in [0.1, 0.15) is 9.88 Å². The van der Waals surface area contributed by atoms with Crippen molar-refractivity contribution in [2.75, 3.05) is 18.1 Å². The molecule has 0 spiro atoms. The minimum Gasteiger partial charge on any atom is -0.397 e. The highest BCUT2D eigenvalue weighted by molar-refractivity contribution is 7.19. The molecule has 8 nitrogen and oxygen atoms in total. The van der Waals surface area contributed by atoms with Crippen LogP contribution >= 0.6 is 11.3 Å². The third-order valence-corrected chi connectivity index (χ3v) is 4.14. The van der Waals surface area contributed by atoms with Crippen LogP contribution in [-0.4, -0.2) is 29.1 Å². The number of anilines is 2. The van der Waals surface area contributed by atoms with Crippen molar-refractivity contribution in [3.63, 3.8) is 0 Å². The Morgan fingerprint density at radius 3 is 2.71 bits per heavy atom. The SMILES string of the molecule is CNC(=O)c1c(NC(C)c2cn[nH]c2)sc(C(N)=O)c1N. The standard InChI is InChI=1S/C12H16N6O2S/c1-5(6-3-16-17-4-6)18-12-7(11(20)15-2)8(13)9(21-12)10(14)19/h3-5,18H,13H2,1-2H3,(H2,14,19)(H,15,20)(H,16,17). The van der Waals surface area contributed by atoms with Gasteiger partial charge in [-0.25, -0.2) is 0 Å². The van der Waals surface area contributed by atoms with Crippen LogP contribution in [0.1, 0.15) is 38.6 Å². The van der Waals surface area contributed by atoms with Crippen LogP contribution in [0.3, 0.4) is 0 Å². The van der Waals surface area contributed by atoms with Crippen LogP contribution in [0.15, 0.2) is 12.4 Å². The van der Waals surface area contributed by atoms with E-state index in [-0.39, 0.29) is 28.1 Å². The van der Waals surface area contributed by atoms with Crippen LogP contribution in [0, 0.1) is 0 Å². The van der Waals surface area contributed by atoms with E-state index >= 15 is 0 Å². The van der Waals surface area contributed by atoms with E-state index in [1.165, 1.54) is 7.05 Å². The number of rotatable bonds is 5. The molecule has 0 aliphatic heterocycles. The number of nitrogens with one attached hydrogen (secondary N) is 3. The van der Waals surface area contributed by atoms with Crippen LogP contribution in [0.2, 0.25) is 0 Å². The second kappa shape index (κ2) is 5.83. The first-order valence-electron chi connectivity index (χ1n) is 6.15. The summed E-state index contributed by atoms with van der Waals surface area (Å²) in [7, 11) is 1.49. The molecule has 9 heteroatoms. The number of H-pyrrole nitrogens is 1. The van der Waals surface area contributed by atoms with E-state index in [9.17, 15) is 9.59 Å². The first-order valence-corrected chi connectivity index (χ1v) is 6.96. The minimum absolute atomic E-state index is 0.0914. The highest BCUT2D eigenvalue weighted by Gasteiger charge is 2.25. The fraction of sp³-hybridized carbons (Fsp3) is 0.250. The Morgan fingerprint density at radius 1 is 1.48 bits per heavy atom. The van der Waals surface area contributed by atoms with Gasteiger partial charge in [0, 0.05) is 18.8 Å². The molecule has 0 aliphatic rings. The Kier molecular flexibility index (Phi) is 4.13. The molecule has 7 N–H and O–H groups in total. The molecule has 0 saturated heterocycles. The van der Waals surface area contributed by atoms with Crippen molar-refractivity contribution in [1.29, 1.82) is 0 Å². The maximum Gasteiger partial charge on any atom is 0.260 e. The lowest BCUT2D eigenvalue weighted by Crippen LogP contribution is -2.21. The van der Waals surface area contributed by atoms with Gasteiger partial charge in [-0.2, -0.15) is 5.10 Å². The predicted octanol–water partition coefficient (Wildman–Crippen LogP) is 0.685. The molecule has 2 rings (SSSR count). The highest BCUT2D eigenvalue weighted by Crippen LogP contribution is 2.37. The van der Waals surface area contributed by atoms with E-state index in [1.54, 1.807) is 12.4 Å². The van der Waals surface area contributed by atoms with Gasteiger partial charge in [0.05, 0.1) is 23.5 Å². The summed E-state index contributed by atoms with van der Waals surface area (Å²) in [6.07, 6.45) is 3.41. The Labute approximate surface area is 124 Å². The molecule has 0 saturated carbocycles. The molecule has 21 heavy (non-hydrogen) atoms. The number of carbonyl (C=O) groups excluding carboxylic acids is 2. The maximum atomic E-state index is 12.0. The van der Waals surface area contributed by atoms with Crippen LogP contribution in [0.25, 0.3) is 0 Å². The van der Waals surface area contributed by atoms with Crippen LogP contribution in [0.5, 0.6) is 0 Å².